The topological polar surface area (TPSA) is 0 Å². The number of aryl methyl sites for hydroxylation is 1. The van der Waals surface area contributed by atoms with Gasteiger partial charge < -0.3 is 0 Å². The molecule has 0 radical (unpaired) electrons. The summed E-state index contributed by atoms with van der Waals surface area (Å²) >= 11 is 0. The molecule has 0 aliphatic carbocycles. The van der Waals surface area contributed by atoms with Gasteiger partial charge in [0.2, 0.25) is 0 Å². The van der Waals surface area contributed by atoms with Crippen molar-refractivity contribution in [1.29, 1.82) is 0 Å². The normalized spacial score (nSPS) is 10.8. The smallest absolute Gasteiger partial charge is 0.0388 e. The van der Waals surface area contributed by atoms with Crippen molar-refractivity contribution in [2.75, 3.05) is 0 Å². The van der Waals surface area contributed by atoms with Gasteiger partial charge in [0.15, 0.2) is 0 Å². The summed E-state index contributed by atoms with van der Waals surface area (Å²) < 4.78 is 0. The molecule has 0 spiro atoms. The van der Waals surface area contributed by atoms with Gasteiger partial charge in [-0.2, -0.15) is 0 Å². The molecule has 0 N–H and O–H groups in total. The summed E-state index contributed by atoms with van der Waals surface area (Å²) in [6.07, 6.45) is 0. The minimum atomic E-state index is 1.15. The average Bonchev–Trinajstić information content (AvgIpc) is 2.12. The number of benzene rings is 2. The fraction of sp³-hybridized carbons (Fsp3) is 0.0909. The van der Waals surface area contributed by atoms with Gasteiger partial charge in [-0.25, -0.2) is 0 Å². The van der Waals surface area contributed by atoms with E-state index in [9.17, 15) is 0 Å². The van der Waals surface area contributed by atoms with Gasteiger partial charge in [-0.1, -0.05) is 41.6 Å². The Kier molecular flexibility index (Phi) is 1.74. The maximum Gasteiger partial charge on any atom is 0.0388 e. The summed E-state index contributed by atoms with van der Waals surface area (Å²) in [6.45, 7) is 2.21. The summed E-state index contributed by atoms with van der Waals surface area (Å²) in [7, 11) is 1.15. The van der Waals surface area contributed by atoms with Gasteiger partial charge in [0.1, 0.15) is 0 Å². The second kappa shape index (κ2) is 2.76. The van der Waals surface area contributed by atoms with Crippen LogP contribution in [0, 0.1) is 6.92 Å². The highest BCUT2D eigenvalue weighted by atomic mass is 28.1. The van der Waals surface area contributed by atoms with Crippen LogP contribution in [-0.4, -0.2) is 10.2 Å². The first kappa shape index (κ1) is 7.56. The Morgan fingerprint density at radius 3 is 2.58 bits per heavy atom. The maximum absolute atomic E-state index is 2.24. The van der Waals surface area contributed by atoms with Crippen LogP contribution in [0.15, 0.2) is 36.4 Å². The second-order valence-electron chi connectivity index (χ2n) is 3.23. The van der Waals surface area contributed by atoms with Crippen LogP contribution >= 0.6 is 0 Å². The Morgan fingerprint density at radius 1 is 1.00 bits per heavy atom. The zero-order valence-corrected chi connectivity index (χ0v) is 9.46. The molecule has 60 valence electrons. The molecule has 0 atom stereocenters. The molecule has 0 nitrogen and oxygen atoms in total. The first-order chi connectivity index (χ1) is 5.79. The Morgan fingerprint density at radius 2 is 1.75 bits per heavy atom. The van der Waals surface area contributed by atoms with E-state index in [1.165, 1.54) is 21.5 Å². The van der Waals surface area contributed by atoms with Gasteiger partial charge in [0, 0.05) is 10.2 Å². The molecule has 0 amide bonds. The van der Waals surface area contributed by atoms with E-state index in [0.717, 1.165) is 10.2 Å². The highest BCUT2D eigenvalue weighted by molar-refractivity contribution is 6.34. The van der Waals surface area contributed by atoms with Crippen molar-refractivity contribution in [2.24, 2.45) is 0 Å². The van der Waals surface area contributed by atoms with E-state index in [0.29, 0.717) is 0 Å². The Hall–Kier alpha value is -1.08. The molecule has 0 aliphatic rings. The summed E-state index contributed by atoms with van der Waals surface area (Å²) in [5, 5.41) is 4.27. The molecule has 0 saturated heterocycles. The molecule has 0 unspecified atom stereocenters. The third-order valence-electron chi connectivity index (χ3n) is 2.47. The van der Waals surface area contributed by atoms with Gasteiger partial charge in [-0.3, -0.25) is 0 Å². The predicted octanol–water partition coefficient (Wildman–Crippen LogP) is 1.14. The summed E-state index contributed by atoms with van der Waals surface area (Å²) in [5.74, 6) is 0. The molecule has 0 aromatic heterocycles. The van der Waals surface area contributed by atoms with Crippen LogP contribution < -0.4 is 5.19 Å². The lowest BCUT2D eigenvalue weighted by molar-refractivity contribution is 1.57. The Labute approximate surface area is 75.6 Å². The van der Waals surface area contributed by atoms with Crippen LogP contribution in [0.2, 0.25) is 0 Å². The first-order valence-corrected chi connectivity index (χ1v) is 5.24. The van der Waals surface area contributed by atoms with Crippen LogP contribution in [0.1, 0.15) is 5.56 Å². The van der Waals surface area contributed by atoms with E-state index in [2.05, 4.69) is 43.3 Å². The molecule has 2 rings (SSSR count). The van der Waals surface area contributed by atoms with Crippen molar-refractivity contribution in [3.8, 4) is 0 Å². The maximum atomic E-state index is 2.24. The van der Waals surface area contributed by atoms with Crippen molar-refractivity contribution in [2.45, 2.75) is 6.92 Å². The van der Waals surface area contributed by atoms with E-state index in [1.807, 2.05) is 0 Å². The van der Waals surface area contributed by atoms with Crippen LogP contribution in [0.3, 0.4) is 0 Å². The zero-order chi connectivity index (χ0) is 8.55. The van der Waals surface area contributed by atoms with E-state index in [-0.39, 0.29) is 0 Å². The van der Waals surface area contributed by atoms with Crippen molar-refractivity contribution < 1.29 is 0 Å². The van der Waals surface area contributed by atoms with E-state index in [1.54, 1.807) is 0 Å². The van der Waals surface area contributed by atoms with Crippen LogP contribution in [-0.2, 0) is 0 Å². The summed E-state index contributed by atoms with van der Waals surface area (Å²) in [6, 6.07) is 13.0. The zero-order valence-electron chi connectivity index (χ0n) is 7.46. The second-order valence-corrected chi connectivity index (χ2v) is 4.31. The number of hydrogen-bond donors (Lipinski definition) is 0. The van der Waals surface area contributed by atoms with E-state index < -0.39 is 0 Å². The van der Waals surface area contributed by atoms with Gasteiger partial charge in [0.05, 0.1) is 0 Å². The molecule has 12 heavy (non-hydrogen) atoms. The van der Waals surface area contributed by atoms with Crippen molar-refractivity contribution >= 4 is 26.2 Å². The van der Waals surface area contributed by atoms with Gasteiger partial charge in [-0.05, 0) is 23.3 Å². The quantitative estimate of drug-likeness (QED) is 0.523. The molecule has 0 fully saturated rings. The first-order valence-electron chi connectivity index (χ1n) is 4.24. The monoisotopic (exact) mass is 172 g/mol. The standard InChI is InChI=1S/C11H12Si/c1-8-10-5-3-2-4-9(10)6-7-11(8)12/h2-7H,1,12H3. The summed E-state index contributed by atoms with van der Waals surface area (Å²) in [4.78, 5) is 0. The molecule has 0 aliphatic heterocycles. The summed E-state index contributed by atoms with van der Waals surface area (Å²) in [5.41, 5.74) is 1.46. The van der Waals surface area contributed by atoms with Crippen LogP contribution in [0.25, 0.3) is 10.8 Å². The molecule has 0 bridgehead atoms. The van der Waals surface area contributed by atoms with E-state index in [4.69, 9.17) is 0 Å². The molecule has 2 aromatic rings. The molecular formula is C11H12Si. The fourth-order valence-corrected chi connectivity index (χ4v) is 1.97. The number of hydrogen-bond acceptors (Lipinski definition) is 0. The minimum Gasteiger partial charge on any atom is -0.0673 e. The predicted molar refractivity (Wildman–Crippen MR) is 58.3 cm³/mol. The van der Waals surface area contributed by atoms with Crippen LogP contribution in [0.5, 0.6) is 0 Å². The lowest BCUT2D eigenvalue weighted by Crippen LogP contribution is -2.06. The average molecular weight is 172 g/mol. The van der Waals surface area contributed by atoms with Crippen molar-refractivity contribution in [1.82, 2.24) is 0 Å². The highest BCUT2D eigenvalue weighted by Crippen LogP contribution is 2.15. The molecule has 1 heteroatoms. The third kappa shape index (κ3) is 1.06. The number of rotatable bonds is 0. The largest absolute Gasteiger partial charge is 0.0673 e. The van der Waals surface area contributed by atoms with Crippen molar-refractivity contribution in [3.05, 3.63) is 42.0 Å². The number of fused-ring (bicyclic) bond motifs is 1. The lowest BCUT2D eigenvalue weighted by Gasteiger charge is -2.04. The van der Waals surface area contributed by atoms with Gasteiger partial charge in [0.25, 0.3) is 0 Å². The van der Waals surface area contributed by atoms with E-state index >= 15 is 0 Å². The van der Waals surface area contributed by atoms with Crippen LogP contribution in [0.4, 0.5) is 0 Å². The molecule has 2 aromatic carbocycles. The third-order valence-corrected chi connectivity index (χ3v) is 3.55. The van der Waals surface area contributed by atoms with Gasteiger partial charge >= 0.3 is 0 Å². The fourth-order valence-electron chi connectivity index (χ4n) is 1.54. The molecule has 0 heterocycles. The Bertz CT molecular complexity index is 418. The highest BCUT2D eigenvalue weighted by Gasteiger charge is 1.97. The van der Waals surface area contributed by atoms with Crippen molar-refractivity contribution in [3.63, 3.8) is 0 Å². The Balaban J connectivity index is 2.91. The molecule has 0 saturated carbocycles. The van der Waals surface area contributed by atoms with Gasteiger partial charge in [-0.15, -0.1) is 0 Å². The SMILES string of the molecule is Cc1c([SiH3])ccc2ccccc12. The minimum absolute atomic E-state index is 1.15. The lowest BCUT2D eigenvalue weighted by atomic mass is 10.1. The molecular weight excluding hydrogens is 160 g/mol.